The van der Waals surface area contributed by atoms with Gasteiger partial charge in [0.25, 0.3) is 0 Å². The van der Waals surface area contributed by atoms with E-state index in [9.17, 15) is 9.90 Å². The number of nitrogens with two attached hydrogens (primary N) is 1. The van der Waals surface area contributed by atoms with Crippen molar-refractivity contribution >= 4 is 5.97 Å². The summed E-state index contributed by atoms with van der Waals surface area (Å²) in [7, 11) is 0. The molecule has 4 N–H and O–H groups in total. The van der Waals surface area contributed by atoms with E-state index in [4.69, 9.17) is 10.8 Å². The molecule has 0 aliphatic carbocycles. The van der Waals surface area contributed by atoms with Gasteiger partial charge < -0.3 is 15.9 Å². The van der Waals surface area contributed by atoms with Crippen LogP contribution in [0.3, 0.4) is 0 Å². The predicted octanol–water partition coefficient (Wildman–Crippen LogP) is 1.47. The Hall–Kier alpha value is -1.39. The molecule has 0 radical (unpaired) electrons. The summed E-state index contributed by atoms with van der Waals surface area (Å²) in [6.45, 7) is 3.49. The number of aliphatic carboxylic acids is 1. The summed E-state index contributed by atoms with van der Waals surface area (Å²) >= 11 is 0. The predicted molar refractivity (Wildman–Crippen MR) is 65.6 cm³/mol. The Balaban J connectivity index is 2.71. The van der Waals surface area contributed by atoms with Crippen LogP contribution in [0.2, 0.25) is 0 Å². The smallest absolute Gasteiger partial charge is 0.305 e. The lowest BCUT2D eigenvalue weighted by molar-refractivity contribution is -0.137. The molecule has 0 aromatic heterocycles. The molecular weight excluding hydrogens is 218 g/mol. The van der Waals surface area contributed by atoms with Crippen molar-refractivity contribution in [3.63, 3.8) is 0 Å². The van der Waals surface area contributed by atoms with Gasteiger partial charge in [-0.3, -0.25) is 4.79 Å². The van der Waals surface area contributed by atoms with E-state index in [1.54, 1.807) is 13.8 Å². The molecule has 94 valence electrons. The fraction of sp³-hybridized carbons (Fsp3) is 0.462. The topological polar surface area (TPSA) is 83.5 Å². The third kappa shape index (κ3) is 4.97. The van der Waals surface area contributed by atoms with Crippen molar-refractivity contribution in [2.24, 2.45) is 5.73 Å². The summed E-state index contributed by atoms with van der Waals surface area (Å²) in [5.41, 5.74) is 6.80. The molecule has 1 rings (SSSR count). The number of benzene rings is 1. The highest BCUT2D eigenvalue weighted by Crippen LogP contribution is 2.17. The first-order chi connectivity index (χ1) is 7.78. The van der Waals surface area contributed by atoms with Crippen molar-refractivity contribution in [1.82, 2.24) is 0 Å². The number of aliphatic hydroxyl groups is 1. The fourth-order valence-electron chi connectivity index (χ4n) is 1.69. The van der Waals surface area contributed by atoms with Gasteiger partial charge in [-0.2, -0.15) is 0 Å². The van der Waals surface area contributed by atoms with E-state index in [-0.39, 0.29) is 6.42 Å². The first kappa shape index (κ1) is 13.7. The number of hydrogen-bond donors (Lipinski definition) is 3. The van der Waals surface area contributed by atoms with E-state index >= 15 is 0 Å². The number of hydrogen-bond acceptors (Lipinski definition) is 3. The van der Waals surface area contributed by atoms with E-state index in [1.807, 2.05) is 24.3 Å². The first-order valence-electron chi connectivity index (χ1n) is 5.56. The van der Waals surface area contributed by atoms with Gasteiger partial charge in [-0.1, -0.05) is 24.3 Å². The van der Waals surface area contributed by atoms with Crippen LogP contribution in [0.1, 0.15) is 37.4 Å². The average Bonchev–Trinajstić information content (AvgIpc) is 2.15. The summed E-state index contributed by atoms with van der Waals surface area (Å²) in [6.07, 6.45) is 0.478. The van der Waals surface area contributed by atoms with E-state index in [0.29, 0.717) is 6.42 Å². The maximum absolute atomic E-state index is 10.5. The molecule has 0 fully saturated rings. The monoisotopic (exact) mass is 237 g/mol. The van der Waals surface area contributed by atoms with Gasteiger partial charge in [-0.25, -0.2) is 0 Å². The highest BCUT2D eigenvalue weighted by atomic mass is 16.4. The molecule has 0 heterocycles. The highest BCUT2D eigenvalue weighted by Gasteiger charge is 2.14. The maximum atomic E-state index is 10.5. The molecule has 0 saturated heterocycles. The number of carboxylic acids is 1. The molecule has 0 bridgehead atoms. The Bertz CT molecular complexity index is 379. The minimum atomic E-state index is -0.905. The number of carboxylic acid groups (broad SMARTS) is 1. The minimum Gasteiger partial charge on any atom is -0.481 e. The number of rotatable bonds is 5. The first-order valence-corrected chi connectivity index (χ1v) is 5.56. The van der Waals surface area contributed by atoms with Crippen molar-refractivity contribution in [2.45, 2.75) is 38.3 Å². The largest absolute Gasteiger partial charge is 0.481 e. The van der Waals surface area contributed by atoms with E-state index in [0.717, 1.165) is 11.1 Å². The Labute approximate surface area is 101 Å². The van der Waals surface area contributed by atoms with Crippen molar-refractivity contribution in [3.8, 4) is 0 Å². The van der Waals surface area contributed by atoms with Gasteiger partial charge in [0.05, 0.1) is 12.0 Å². The SMILES string of the molecule is CC(C)(O)Cc1ccc(C(N)CC(=O)O)cc1. The molecule has 4 heteroatoms. The summed E-state index contributed by atoms with van der Waals surface area (Å²) < 4.78 is 0. The Kier molecular flexibility index (Phi) is 4.26. The average molecular weight is 237 g/mol. The van der Waals surface area contributed by atoms with Gasteiger partial charge in [0, 0.05) is 12.5 Å². The molecule has 1 aromatic rings. The van der Waals surface area contributed by atoms with Crippen LogP contribution in [0.15, 0.2) is 24.3 Å². The lowest BCUT2D eigenvalue weighted by atomic mass is 9.96. The van der Waals surface area contributed by atoms with Gasteiger partial charge in [0.1, 0.15) is 0 Å². The van der Waals surface area contributed by atoms with Crippen LogP contribution in [0.5, 0.6) is 0 Å². The quantitative estimate of drug-likeness (QED) is 0.724. The molecule has 0 saturated carbocycles. The van der Waals surface area contributed by atoms with Crippen molar-refractivity contribution in [2.75, 3.05) is 0 Å². The normalized spacial score (nSPS) is 13.4. The van der Waals surface area contributed by atoms with Crippen LogP contribution in [0.4, 0.5) is 0 Å². The van der Waals surface area contributed by atoms with Crippen LogP contribution in [0, 0.1) is 0 Å². The van der Waals surface area contributed by atoms with Gasteiger partial charge in [-0.05, 0) is 25.0 Å². The number of carbonyl (C=O) groups is 1. The van der Waals surface area contributed by atoms with Gasteiger partial charge >= 0.3 is 5.97 Å². The molecule has 1 aromatic carbocycles. The summed E-state index contributed by atoms with van der Waals surface area (Å²) in [4.78, 5) is 10.5. The zero-order chi connectivity index (χ0) is 13.1. The van der Waals surface area contributed by atoms with E-state index in [2.05, 4.69) is 0 Å². The second kappa shape index (κ2) is 5.29. The highest BCUT2D eigenvalue weighted by molar-refractivity contribution is 5.67. The van der Waals surface area contributed by atoms with E-state index in [1.165, 1.54) is 0 Å². The lowest BCUT2D eigenvalue weighted by Crippen LogP contribution is -2.22. The third-order valence-corrected chi connectivity index (χ3v) is 2.44. The van der Waals surface area contributed by atoms with E-state index < -0.39 is 17.6 Å². The van der Waals surface area contributed by atoms with Crippen LogP contribution in [-0.4, -0.2) is 21.8 Å². The molecular formula is C13H19NO3. The molecule has 0 amide bonds. The molecule has 4 nitrogen and oxygen atoms in total. The van der Waals surface area contributed by atoms with Gasteiger partial charge in [-0.15, -0.1) is 0 Å². The molecule has 0 aliphatic heterocycles. The van der Waals surface area contributed by atoms with Gasteiger partial charge in [0.2, 0.25) is 0 Å². The molecule has 17 heavy (non-hydrogen) atoms. The summed E-state index contributed by atoms with van der Waals surface area (Å²) in [5, 5.41) is 18.3. The van der Waals surface area contributed by atoms with Crippen LogP contribution in [0.25, 0.3) is 0 Å². The van der Waals surface area contributed by atoms with Crippen molar-refractivity contribution < 1.29 is 15.0 Å². The zero-order valence-corrected chi connectivity index (χ0v) is 10.2. The second-order valence-electron chi connectivity index (χ2n) is 4.94. The second-order valence-corrected chi connectivity index (χ2v) is 4.94. The standard InChI is InChI=1S/C13H19NO3/c1-13(2,17)8-9-3-5-10(6-4-9)11(14)7-12(15)16/h3-6,11,17H,7-8,14H2,1-2H3,(H,15,16). The Morgan fingerprint density at radius 1 is 1.35 bits per heavy atom. The minimum absolute atomic E-state index is 0.0785. The van der Waals surface area contributed by atoms with Crippen LogP contribution >= 0.6 is 0 Å². The Morgan fingerprint density at radius 2 is 1.88 bits per heavy atom. The Morgan fingerprint density at radius 3 is 2.29 bits per heavy atom. The molecule has 0 aliphatic rings. The summed E-state index contributed by atoms with van der Waals surface area (Å²) in [5.74, 6) is -0.905. The van der Waals surface area contributed by atoms with Crippen molar-refractivity contribution in [1.29, 1.82) is 0 Å². The maximum Gasteiger partial charge on any atom is 0.305 e. The fourth-order valence-corrected chi connectivity index (χ4v) is 1.69. The zero-order valence-electron chi connectivity index (χ0n) is 10.2. The van der Waals surface area contributed by atoms with Crippen LogP contribution in [-0.2, 0) is 11.2 Å². The summed E-state index contributed by atoms with van der Waals surface area (Å²) in [6, 6.07) is 6.89. The lowest BCUT2D eigenvalue weighted by Gasteiger charge is -2.17. The third-order valence-electron chi connectivity index (χ3n) is 2.44. The van der Waals surface area contributed by atoms with Crippen LogP contribution < -0.4 is 5.73 Å². The molecule has 0 spiro atoms. The molecule has 1 unspecified atom stereocenters. The van der Waals surface area contributed by atoms with Crippen molar-refractivity contribution in [3.05, 3.63) is 35.4 Å². The van der Waals surface area contributed by atoms with Gasteiger partial charge in [0.15, 0.2) is 0 Å². The molecule has 1 atom stereocenters.